The monoisotopic (exact) mass is 283 g/mol. The molecule has 0 saturated carbocycles. The quantitative estimate of drug-likeness (QED) is 0.839. The minimum atomic E-state index is -0.707. The lowest BCUT2D eigenvalue weighted by molar-refractivity contribution is -0.136. The molecule has 2 rings (SSSR count). The first-order valence-corrected chi connectivity index (χ1v) is 6.72. The summed E-state index contributed by atoms with van der Waals surface area (Å²) in [6, 6.07) is 15.0. The van der Waals surface area contributed by atoms with Gasteiger partial charge in [-0.3, -0.25) is 9.59 Å². The number of nitrogens with one attached hydrogen (secondary N) is 2. The van der Waals surface area contributed by atoms with Gasteiger partial charge >= 0.3 is 11.8 Å². The number of hydrogen-bond donors (Lipinski definition) is 2. The number of carbonyl (C=O) groups is 2. The fourth-order valence-electron chi connectivity index (χ4n) is 1.83. The van der Waals surface area contributed by atoms with E-state index in [0.29, 0.717) is 18.8 Å². The van der Waals surface area contributed by atoms with Crippen molar-refractivity contribution in [3.8, 4) is 0 Å². The number of nitrogens with zero attached hydrogens (tertiary/aromatic N) is 1. The van der Waals surface area contributed by atoms with E-state index < -0.39 is 11.8 Å². The van der Waals surface area contributed by atoms with Gasteiger partial charge in [-0.1, -0.05) is 36.4 Å². The number of amides is 2. The average Bonchev–Trinajstić information content (AvgIpc) is 2.48. The van der Waals surface area contributed by atoms with Crippen LogP contribution in [-0.2, 0) is 16.0 Å². The van der Waals surface area contributed by atoms with Gasteiger partial charge < -0.3 is 10.6 Å². The van der Waals surface area contributed by atoms with Crippen LogP contribution in [0.15, 0.2) is 48.5 Å². The summed E-state index contributed by atoms with van der Waals surface area (Å²) in [6.45, 7) is 2.23. The van der Waals surface area contributed by atoms with Gasteiger partial charge in [0.25, 0.3) is 0 Å². The lowest BCUT2D eigenvalue weighted by atomic mass is 10.1. The standard InChI is InChI=1S/C16H17N3O2/c1-12-6-5-9-14(18-12)19-16(21)15(20)17-11-10-13-7-3-2-4-8-13/h2-9H,10-11H2,1H3,(H,17,20)(H,18,19,21). The highest BCUT2D eigenvalue weighted by Gasteiger charge is 2.13. The van der Waals surface area contributed by atoms with Gasteiger partial charge in [0.1, 0.15) is 5.82 Å². The van der Waals surface area contributed by atoms with Crippen LogP contribution in [0.1, 0.15) is 11.3 Å². The molecule has 2 amide bonds. The molecule has 2 N–H and O–H groups in total. The molecule has 0 fully saturated rings. The van der Waals surface area contributed by atoms with E-state index in [2.05, 4.69) is 15.6 Å². The number of aryl methyl sites for hydroxylation is 1. The third kappa shape index (κ3) is 4.72. The Kier molecular flexibility index (Phi) is 5.04. The average molecular weight is 283 g/mol. The number of hydrogen-bond acceptors (Lipinski definition) is 3. The molecule has 0 atom stereocenters. The molecule has 0 aliphatic carbocycles. The van der Waals surface area contributed by atoms with E-state index in [1.807, 2.05) is 43.3 Å². The molecule has 5 nitrogen and oxygen atoms in total. The van der Waals surface area contributed by atoms with E-state index in [9.17, 15) is 9.59 Å². The zero-order valence-corrected chi connectivity index (χ0v) is 11.8. The number of carbonyl (C=O) groups excluding carboxylic acids is 2. The first-order valence-electron chi connectivity index (χ1n) is 6.72. The molecule has 1 aromatic carbocycles. The van der Waals surface area contributed by atoms with Gasteiger partial charge in [-0.2, -0.15) is 0 Å². The van der Waals surface area contributed by atoms with Crippen LogP contribution in [0, 0.1) is 6.92 Å². The fourth-order valence-corrected chi connectivity index (χ4v) is 1.83. The fraction of sp³-hybridized carbons (Fsp3) is 0.188. The van der Waals surface area contributed by atoms with E-state index in [4.69, 9.17) is 0 Å². The van der Waals surface area contributed by atoms with Crippen molar-refractivity contribution in [2.24, 2.45) is 0 Å². The van der Waals surface area contributed by atoms with Crippen molar-refractivity contribution in [1.29, 1.82) is 0 Å². The molecule has 0 bridgehead atoms. The summed E-state index contributed by atoms with van der Waals surface area (Å²) in [4.78, 5) is 27.5. The van der Waals surface area contributed by atoms with Crippen molar-refractivity contribution in [2.75, 3.05) is 11.9 Å². The summed E-state index contributed by atoms with van der Waals surface area (Å²) in [6.07, 6.45) is 0.683. The molecule has 0 unspecified atom stereocenters. The summed E-state index contributed by atoms with van der Waals surface area (Å²) >= 11 is 0. The summed E-state index contributed by atoms with van der Waals surface area (Å²) in [7, 11) is 0. The largest absolute Gasteiger partial charge is 0.347 e. The van der Waals surface area contributed by atoms with Crippen molar-refractivity contribution < 1.29 is 9.59 Å². The number of anilines is 1. The van der Waals surface area contributed by atoms with Gasteiger partial charge in [0.2, 0.25) is 0 Å². The lowest BCUT2D eigenvalue weighted by Gasteiger charge is -2.06. The summed E-state index contributed by atoms with van der Waals surface area (Å²) in [5, 5.41) is 5.06. The van der Waals surface area contributed by atoms with E-state index in [1.54, 1.807) is 12.1 Å². The van der Waals surface area contributed by atoms with Crippen molar-refractivity contribution in [3.63, 3.8) is 0 Å². The second kappa shape index (κ2) is 7.19. The molecule has 0 spiro atoms. The zero-order chi connectivity index (χ0) is 15.1. The molecule has 0 saturated heterocycles. The van der Waals surface area contributed by atoms with Crippen LogP contribution in [0.5, 0.6) is 0 Å². The molecule has 21 heavy (non-hydrogen) atoms. The van der Waals surface area contributed by atoms with Crippen molar-refractivity contribution in [3.05, 3.63) is 59.8 Å². The maximum atomic E-state index is 11.7. The maximum absolute atomic E-state index is 11.7. The van der Waals surface area contributed by atoms with E-state index in [0.717, 1.165) is 11.3 Å². The van der Waals surface area contributed by atoms with Crippen LogP contribution in [0.4, 0.5) is 5.82 Å². The van der Waals surface area contributed by atoms with Crippen molar-refractivity contribution in [2.45, 2.75) is 13.3 Å². The first-order chi connectivity index (χ1) is 10.1. The molecule has 0 aliphatic heterocycles. The van der Waals surface area contributed by atoms with Gasteiger partial charge in [-0.05, 0) is 31.0 Å². The molecule has 1 heterocycles. The first kappa shape index (κ1) is 14.7. The van der Waals surface area contributed by atoms with E-state index in [1.165, 1.54) is 0 Å². The Bertz CT molecular complexity index is 626. The van der Waals surface area contributed by atoms with Gasteiger partial charge in [0, 0.05) is 12.2 Å². The Balaban J connectivity index is 1.79. The van der Waals surface area contributed by atoms with Crippen LogP contribution in [0.25, 0.3) is 0 Å². The highest BCUT2D eigenvalue weighted by molar-refractivity contribution is 6.39. The predicted octanol–water partition coefficient (Wildman–Crippen LogP) is 1.69. The van der Waals surface area contributed by atoms with Crippen LogP contribution in [-0.4, -0.2) is 23.3 Å². The van der Waals surface area contributed by atoms with Crippen LogP contribution in [0.2, 0.25) is 0 Å². The molecule has 2 aromatic rings. The molecular weight excluding hydrogens is 266 g/mol. The Morgan fingerprint density at radius 3 is 2.48 bits per heavy atom. The van der Waals surface area contributed by atoms with Crippen LogP contribution >= 0.6 is 0 Å². The molecule has 1 aromatic heterocycles. The Morgan fingerprint density at radius 1 is 1.00 bits per heavy atom. The molecule has 108 valence electrons. The van der Waals surface area contributed by atoms with Gasteiger partial charge in [-0.25, -0.2) is 4.98 Å². The number of rotatable bonds is 4. The lowest BCUT2D eigenvalue weighted by Crippen LogP contribution is -2.36. The number of benzene rings is 1. The van der Waals surface area contributed by atoms with E-state index in [-0.39, 0.29) is 0 Å². The summed E-state index contributed by atoms with van der Waals surface area (Å²) in [5.74, 6) is -0.992. The summed E-state index contributed by atoms with van der Waals surface area (Å²) < 4.78 is 0. The topological polar surface area (TPSA) is 71.1 Å². The SMILES string of the molecule is Cc1cccc(NC(=O)C(=O)NCCc2ccccc2)n1. The Hall–Kier alpha value is -2.69. The second-order valence-electron chi connectivity index (χ2n) is 4.61. The summed E-state index contributed by atoms with van der Waals surface area (Å²) in [5.41, 5.74) is 1.89. The highest BCUT2D eigenvalue weighted by Crippen LogP contribution is 2.03. The minimum Gasteiger partial charge on any atom is -0.347 e. The maximum Gasteiger partial charge on any atom is 0.314 e. The number of aromatic nitrogens is 1. The van der Waals surface area contributed by atoms with E-state index >= 15 is 0 Å². The third-order valence-electron chi connectivity index (χ3n) is 2.88. The third-order valence-corrected chi connectivity index (χ3v) is 2.88. The second-order valence-corrected chi connectivity index (χ2v) is 4.61. The number of pyridine rings is 1. The molecule has 5 heteroatoms. The molecule has 0 aliphatic rings. The van der Waals surface area contributed by atoms with Crippen LogP contribution in [0.3, 0.4) is 0 Å². The van der Waals surface area contributed by atoms with Gasteiger partial charge in [0.05, 0.1) is 0 Å². The minimum absolute atomic E-state index is 0.373. The predicted molar refractivity (Wildman–Crippen MR) is 80.8 cm³/mol. The zero-order valence-electron chi connectivity index (χ0n) is 11.8. The van der Waals surface area contributed by atoms with Crippen LogP contribution < -0.4 is 10.6 Å². The normalized spacial score (nSPS) is 9.95. The van der Waals surface area contributed by atoms with Gasteiger partial charge in [-0.15, -0.1) is 0 Å². The molecular formula is C16H17N3O2. The Labute approximate surface area is 123 Å². The van der Waals surface area contributed by atoms with Gasteiger partial charge in [0.15, 0.2) is 0 Å². The van der Waals surface area contributed by atoms with Crippen molar-refractivity contribution in [1.82, 2.24) is 10.3 Å². The Morgan fingerprint density at radius 2 is 1.76 bits per heavy atom. The smallest absolute Gasteiger partial charge is 0.314 e. The van der Waals surface area contributed by atoms with Crippen molar-refractivity contribution >= 4 is 17.6 Å². The molecule has 0 radical (unpaired) electrons. The highest BCUT2D eigenvalue weighted by atomic mass is 16.2.